The molecule has 1 aliphatic rings. The molecule has 0 aliphatic heterocycles. The average Bonchev–Trinajstić information content (AvgIpc) is 3.03. The molecule has 1 aliphatic carbocycles. The summed E-state index contributed by atoms with van der Waals surface area (Å²) in [4.78, 5) is 24.8. The van der Waals surface area contributed by atoms with Crippen LogP contribution in [0.2, 0.25) is 0 Å². The van der Waals surface area contributed by atoms with E-state index in [4.69, 9.17) is 4.42 Å². The number of phenolic OH excluding ortho intramolecular Hbond substituents is 1. The monoisotopic (exact) mass is 397 g/mol. The van der Waals surface area contributed by atoms with Crippen molar-refractivity contribution in [2.24, 2.45) is 11.0 Å². The molecule has 0 atom stereocenters. The highest BCUT2D eigenvalue weighted by atomic mass is 16.4. The smallest absolute Gasteiger partial charge is 0.287 e. The van der Waals surface area contributed by atoms with Crippen molar-refractivity contribution in [2.45, 2.75) is 46.5 Å². The van der Waals surface area contributed by atoms with Crippen LogP contribution in [0.4, 0.5) is 0 Å². The Balaban J connectivity index is 1.76. The number of nitrogens with zero attached hydrogens (tertiary/aromatic N) is 1. The second-order valence-corrected chi connectivity index (χ2v) is 7.69. The molecular weight excluding hydrogens is 370 g/mol. The van der Waals surface area contributed by atoms with E-state index in [1.54, 1.807) is 0 Å². The van der Waals surface area contributed by atoms with E-state index in [1.807, 2.05) is 6.92 Å². The van der Waals surface area contributed by atoms with Crippen LogP contribution in [0.1, 0.15) is 70.9 Å². The molecular formula is C22H27N3O4. The van der Waals surface area contributed by atoms with Crippen LogP contribution in [-0.2, 0) is 6.42 Å². The molecule has 1 heterocycles. The third-order valence-corrected chi connectivity index (χ3v) is 4.96. The van der Waals surface area contributed by atoms with Gasteiger partial charge in [0.1, 0.15) is 11.5 Å². The van der Waals surface area contributed by atoms with Crippen molar-refractivity contribution >= 4 is 17.5 Å². The fourth-order valence-corrected chi connectivity index (χ4v) is 3.35. The molecule has 2 aromatic rings. The minimum absolute atomic E-state index is 0.0954. The van der Waals surface area contributed by atoms with E-state index in [-0.39, 0.29) is 17.6 Å². The molecule has 0 saturated carbocycles. The molecule has 7 heteroatoms. The number of amides is 2. The number of nitrogens with one attached hydrogen (secondary N) is 2. The second-order valence-electron chi connectivity index (χ2n) is 7.69. The number of furan rings is 1. The van der Waals surface area contributed by atoms with Crippen molar-refractivity contribution in [3.8, 4) is 5.75 Å². The Morgan fingerprint density at radius 2 is 1.90 bits per heavy atom. The van der Waals surface area contributed by atoms with Gasteiger partial charge in [0.15, 0.2) is 5.76 Å². The predicted octanol–water partition coefficient (Wildman–Crippen LogP) is 3.54. The summed E-state index contributed by atoms with van der Waals surface area (Å²) in [6.45, 7) is 6.67. The third-order valence-electron chi connectivity index (χ3n) is 4.96. The van der Waals surface area contributed by atoms with Gasteiger partial charge in [0.2, 0.25) is 0 Å². The predicted molar refractivity (Wildman–Crippen MR) is 110 cm³/mol. The van der Waals surface area contributed by atoms with Gasteiger partial charge in [0, 0.05) is 29.7 Å². The van der Waals surface area contributed by atoms with Gasteiger partial charge in [-0.05, 0) is 56.4 Å². The molecule has 7 nitrogen and oxygen atoms in total. The normalized spacial score (nSPS) is 14.7. The van der Waals surface area contributed by atoms with Gasteiger partial charge in [-0.3, -0.25) is 9.59 Å². The van der Waals surface area contributed by atoms with Gasteiger partial charge in [-0.15, -0.1) is 0 Å². The van der Waals surface area contributed by atoms with E-state index < -0.39 is 0 Å². The molecule has 29 heavy (non-hydrogen) atoms. The molecule has 1 aromatic carbocycles. The first kappa shape index (κ1) is 20.6. The second kappa shape index (κ2) is 8.94. The molecule has 0 unspecified atom stereocenters. The SMILES string of the molecule is Cc1c(C(=O)NCCC(C)C)oc2c1/C(=N/NC(=O)c1ccc(O)cc1)CCC2. The van der Waals surface area contributed by atoms with Crippen molar-refractivity contribution < 1.29 is 19.1 Å². The van der Waals surface area contributed by atoms with Gasteiger partial charge in [-0.2, -0.15) is 5.10 Å². The van der Waals surface area contributed by atoms with Crippen LogP contribution < -0.4 is 10.7 Å². The maximum atomic E-state index is 12.5. The Morgan fingerprint density at radius 1 is 1.17 bits per heavy atom. The van der Waals surface area contributed by atoms with E-state index in [0.717, 1.165) is 36.1 Å². The minimum Gasteiger partial charge on any atom is -0.508 e. The molecule has 154 valence electrons. The molecule has 0 bridgehead atoms. The van der Waals surface area contributed by atoms with Gasteiger partial charge in [-0.1, -0.05) is 13.8 Å². The van der Waals surface area contributed by atoms with E-state index in [0.29, 0.717) is 35.9 Å². The Morgan fingerprint density at radius 3 is 2.59 bits per heavy atom. The van der Waals surface area contributed by atoms with Crippen LogP contribution in [0.25, 0.3) is 0 Å². The summed E-state index contributed by atoms with van der Waals surface area (Å²) in [6.07, 6.45) is 3.17. The number of carbonyl (C=O) groups excluding carboxylic acids is 2. The number of hydrazone groups is 1. The van der Waals surface area contributed by atoms with Gasteiger partial charge in [0.05, 0.1) is 5.71 Å². The quantitative estimate of drug-likeness (QED) is 0.649. The maximum Gasteiger partial charge on any atom is 0.287 e. The lowest BCUT2D eigenvalue weighted by molar-refractivity contribution is 0.0920. The molecule has 0 fully saturated rings. The molecule has 0 spiro atoms. The highest BCUT2D eigenvalue weighted by Crippen LogP contribution is 2.29. The Bertz CT molecular complexity index is 926. The lowest BCUT2D eigenvalue weighted by Crippen LogP contribution is -2.25. The van der Waals surface area contributed by atoms with E-state index in [2.05, 4.69) is 29.7 Å². The zero-order valence-electron chi connectivity index (χ0n) is 17.0. The number of hydrogen-bond donors (Lipinski definition) is 3. The van der Waals surface area contributed by atoms with E-state index >= 15 is 0 Å². The van der Waals surface area contributed by atoms with Crippen LogP contribution in [-0.4, -0.2) is 29.2 Å². The van der Waals surface area contributed by atoms with Crippen LogP contribution in [0, 0.1) is 12.8 Å². The van der Waals surface area contributed by atoms with Gasteiger partial charge < -0.3 is 14.8 Å². The van der Waals surface area contributed by atoms with Gasteiger partial charge in [0.25, 0.3) is 11.8 Å². The standard InChI is InChI=1S/C22H27N3O4/c1-13(2)11-12-23-22(28)20-14(3)19-17(5-4-6-18(19)29-20)24-25-21(27)15-7-9-16(26)10-8-15/h7-10,13,26H,4-6,11-12H2,1-3H3,(H,23,28)(H,25,27)/b24-17+. The van der Waals surface area contributed by atoms with Crippen molar-refractivity contribution in [3.63, 3.8) is 0 Å². The van der Waals surface area contributed by atoms with E-state index in [1.165, 1.54) is 24.3 Å². The van der Waals surface area contributed by atoms with E-state index in [9.17, 15) is 14.7 Å². The molecule has 3 rings (SSSR count). The summed E-state index contributed by atoms with van der Waals surface area (Å²) < 4.78 is 5.86. The van der Waals surface area contributed by atoms with Gasteiger partial charge >= 0.3 is 0 Å². The van der Waals surface area contributed by atoms with Crippen LogP contribution >= 0.6 is 0 Å². The molecule has 0 saturated heterocycles. The lowest BCUT2D eigenvalue weighted by Gasteiger charge is -2.13. The summed E-state index contributed by atoms with van der Waals surface area (Å²) in [6, 6.07) is 5.95. The van der Waals surface area contributed by atoms with Gasteiger partial charge in [-0.25, -0.2) is 5.43 Å². The Kier molecular flexibility index (Phi) is 6.36. The molecule has 2 amide bonds. The number of phenols is 1. The van der Waals surface area contributed by atoms with Crippen LogP contribution in [0.5, 0.6) is 5.75 Å². The lowest BCUT2D eigenvalue weighted by atomic mass is 9.93. The molecule has 1 aromatic heterocycles. The zero-order chi connectivity index (χ0) is 21.0. The Labute approximate surface area is 170 Å². The number of benzene rings is 1. The van der Waals surface area contributed by atoms with Crippen molar-refractivity contribution in [1.29, 1.82) is 0 Å². The van der Waals surface area contributed by atoms with Crippen molar-refractivity contribution in [2.75, 3.05) is 6.54 Å². The number of fused-ring (bicyclic) bond motifs is 1. The topological polar surface area (TPSA) is 104 Å². The summed E-state index contributed by atoms with van der Waals surface area (Å²) in [5, 5.41) is 16.6. The summed E-state index contributed by atoms with van der Waals surface area (Å²) >= 11 is 0. The molecule has 0 radical (unpaired) electrons. The summed E-state index contributed by atoms with van der Waals surface area (Å²) in [5.41, 5.74) is 5.24. The number of carbonyl (C=O) groups is 2. The highest BCUT2D eigenvalue weighted by molar-refractivity contribution is 6.07. The minimum atomic E-state index is -0.363. The average molecular weight is 397 g/mol. The number of rotatable bonds is 6. The van der Waals surface area contributed by atoms with Crippen molar-refractivity contribution in [3.05, 3.63) is 52.5 Å². The first-order chi connectivity index (χ1) is 13.9. The van der Waals surface area contributed by atoms with Crippen LogP contribution in [0.15, 0.2) is 33.8 Å². The largest absolute Gasteiger partial charge is 0.508 e. The maximum absolute atomic E-state index is 12.5. The fraction of sp³-hybridized carbons (Fsp3) is 0.409. The highest BCUT2D eigenvalue weighted by Gasteiger charge is 2.28. The number of hydrogen-bond acceptors (Lipinski definition) is 5. The van der Waals surface area contributed by atoms with Crippen molar-refractivity contribution in [1.82, 2.24) is 10.7 Å². The number of aryl methyl sites for hydroxylation is 1. The fourth-order valence-electron chi connectivity index (χ4n) is 3.35. The zero-order valence-corrected chi connectivity index (χ0v) is 17.0. The number of aromatic hydroxyl groups is 1. The summed E-state index contributed by atoms with van der Waals surface area (Å²) in [5.74, 6) is 1.08. The summed E-state index contributed by atoms with van der Waals surface area (Å²) in [7, 11) is 0. The first-order valence-electron chi connectivity index (χ1n) is 9.93. The third kappa shape index (κ3) is 4.85. The van der Waals surface area contributed by atoms with Crippen LogP contribution in [0.3, 0.4) is 0 Å². The molecule has 3 N–H and O–H groups in total. The first-order valence-corrected chi connectivity index (χ1v) is 9.93. The Hall–Kier alpha value is -3.09.